The monoisotopic (exact) mass is 299 g/mol. The number of amides is 1. The van der Waals surface area contributed by atoms with Crippen molar-refractivity contribution in [1.82, 2.24) is 4.90 Å². The van der Waals surface area contributed by atoms with Crippen molar-refractivity contribution in [3.8, 4) is 0 Å². The van der Waals surface area contributed by atoms with Gasteiger partial charge in [0.1, 0.15) is 11.1 Å². The maximum atomic E-state index is 12.6. The fourth-order valence-corrected chi connectivity index (χ4v) is 2.74. The molecule has 1 saturated carbocycles. The average Bonchev–Trinajstić information content (AvgIpc) is 3.21. The summed E-state index contributed by atoms with van der Waals surface area (Å²) < 4.78 is 10.9. The highest BCUT2D eigenvalue weighted by Crippen LogP contribution is 2.39. The van der Waals surface area contributed by atoms with Gasteiger partial charge in [-0.2, -0.15) is 0 Å². The van der Waals surface area contributed by atoms with Gasteiger partial charge in [0, 0.05) is 32.1 Å². The zero-order valence-corrected chi connectivity index (χ0v) is 13.0. The van der Waals surface area contributed by atoms with E-state index in [2.05, 4.69) is 5.16 Å². The summed E-state index contributed by atoms with van der Waals surface area (Å²) in [6.07, 6.45) is 2.46. The Hall–Kier alpha value is -1.50. The van der Waals surface area contributed by atoms with Crippen molar-refractivity contribution in [3.63, 3.8) is 0 Å². The second-order valence-corrected chi connectivity index (χ2v) is 6.71. The van der Waals surface area contributed by atoms with Crippen molar-refractivity contribution < 1.29 is 19.5 Å². The molecule has 0 aromatic carbocycles. The first-order valence-corrected chi connectivity index (χ1v) is 7.38. The van der Waals surface area contributed by atoms with Gasteiger partial charge in [-0.15, -0.1) is 0 Å². The number of nitrogens with zero attached hydrogens (tertiary/aromatic N) is 2. The molecule has 120 valence electrons. The smallest absolute Gasteiger partial charge is 0.411 e. The van der Waals surface area contributed by atoms with Gasteiger partial charge in [0.05, 0.1) is 0 Å². The van der Waals surface area contributed by atoms with Crippen molar-refractivity contribution in [2.45, 2.75) is 63.6 Å². The molecular formula is C14H25N3O4. The van der Waals surface area contributed by atoms with Gasteiger partial charge in [0.25, 0.3) is 0 Å². The Balaban J connectivity index is 2.31. The Morgan fingerprint density at radius 2 is 1.95 bits per heavy atom. The minimum Gasteiger partial charge on any atom is -0.444 e. The molecule has 0 spiro atoms. The molecule has 3 N–H and O–H groups in total. The predicted octanol–water partition coefficient (Wildman–Crippen LogP) is 1.68. The van der Waals surface area contributed by atoms with Gasteiger partial charge >= 0.3 is 6.09 Å². The summed E-state index contributed by atoms with van der Waals surface area (Å²) in [5.41, 5.74) is 4.56. The van der Waals surface area contributed by atoms with Gasteiger partial charge in [-0.3, -0.25) is 4.90 Å². The summed E-state index contributed by atoms with van der Waals surface area (Å²) in [4.78, 5) is 14.3. The Bertz CT molecular complexity index is 420. The topological polar surface area (TPSA) is 97.4 Å². The van der Waals surface area contributed by atoms with Crippen molar-refractivity contribution in [2.75, 3.05) is 13.2 Å². The summed E-state index contributed by atoms with van der Waals surface area (Å²) in [5.74, 6) is 0.0589. The number of hydrogen-bond acceptors (Lipinski definition) is 5. The third-order valence-corrected chi connectivity index (χ3v) is 3.87. The van der Waals surface area contributed by atoms with E-state index in [1.54, 1.807) is 4.90 Å². The number of amidine groups is 1. The van der Waals surface area contributed by atoms with Crippen LogP contribution in [0.4, 0.5) is 4.79 Å². The van der Waals surface area contributed by atoms with Crippen molar-refractivity contribution >= 4 is 11.9 Å². The SMILES string of the molecule is CC(C)(C)OC(=O)N(C1CC1)C1(/C(N)=N/O)CCOCC1. The zero-order valence-electron chi connectivity index (χ0n) is 13.0. The number of rotatable bonds is 3. The summed E-state index contributed by atoms with van der Waals surface area (Å²) >= 11 is 0. The van der Waals surface area contributed by atoms with Crippen LogP contribution >= 0.6 is 0 Å². The van der Waals surface area contributed by atoms with E-state index in [0.29, 0.717) is 26.1 Å². The van der Waals surface area contributed by atoms with Crippen LogP contribution < -0.4 is 5.73 Å². The van der Waals surface area contributed by atoms with Crippen LogP contribution in [0.2, 0.25) is 0 Å². The molecule has 1 amide bonds. The standard InChI is InChI=1S/C14H25N3O4/c1-13(2,3)21-12(18)17(10-4-5-10)14(11(15)16-19)6-8-20-9-7-14/h10,19H,4-9H2,1-3H3,(H2,15,16). The lowest BCUT2D eigenvalue weighted by Crippen LogP contribution is -2.63. The molecule has 0 radical (unpaired) electrons. The summed E-state index contributed by atoms with van der Waals surface area (Å²) in [7, 11) is 0. The van der Waals surface area contributed by atoms with Gasteiger partial charge in [-0.05, 0) is 33.6 Å². The van der Waals surface area contributed by atoms with E-state index in [1.165, 1.54) is 0 Å². The lowest BCUT2D eigenvalue weighted by Gasteiger charge is -2.45. The van der Waals surface area contributed by atoms with Gasteiger partial charge in [-0.25, -0.2) is 4.79 Å². The normalized spacial score (nSPS) is 22.7. The van der Waals surface area contributed by atoms with Crippen LogP contribution in [0.15, 0.2) is 5.16 Å². The molecule has 2 aliphatic rings. The van der Waals surface area contributed by atoms with E-state index in [4.69, 9.17) is 20.4 Å². The van der Waals surface area contributed by atoms with Gasteiger partial charge in [0.2, 0.25) is 0 Å². The Morgan fingerprint density at radius 3 is 2.38 bits per heavy atom. The van der Waals surface area contributed by atoms with Gasteiger partial charge in [-0.1, -0.05) is 5.16 Å². The fraction of sp³-hybridized carbons (Fsp3) is 0.857. The van der Waals surface area contributed by atoms with Crippen LogP contribution in [0.5, 0.6) is 0 Å². The van der Waals surface area contributed by atoms with E-state index in [9.17, 15) is 4.79 Å². The average molecular weight is 299 g/mol. The molecule has 7 heteroatoms. The number of hydrogen-bond donors (Lipinski definition) is 2. The third kappa shape index (κ3) is 3.40. The molecule has 0 bridgehead atoms. The number of nitrogens with two attached hydrogens (primary N) is 1. The molecule has 1 heterocycles. The molecule has 1 saturated heterocycles. The van der Waals surface area contributed by atoms with E-state index in [0.717, 1.165) is 12.8 Å². The lowest BCUT2D eigenvalue weighted by molar-refractivity contribution is -0.0255. The predicted molar refractivity (Wildman–Crippen MR) is 77.3 cm³/mol. The minimum atomic E-state index is -0.809. The van der Waals surface area contributed by atoms with E-state index in [-0.39, 0.29) is 11.9 Å². The van der Waals surface area contributed by atoms with E-state index >= 15 is 0 Å². The Kier molecular flexibility index (Phi) is 4.32. The first-order chi connectivity index (χ1) is 9.80. The van der Waals surface area contributed by atoms with Crippen LogP contribution in [0.25, 0.3) is 0 Å². The largest absolute Gasteiger partial charge is 0.444 e. The molecule has 1 aliphatic carbocycles. The molecule has 0 unspecified atom stereocenters. The number of carbonyl (C=O) groups is 1. The second kappa shape index (κ2) is 5.71. The van der Waals surface area contributed by atoms with Crippen LogP contribution in [-0.4, -0.2) is 52.4 Å². The maximum absolute atomic E-state index is 12.6. The molecule has 7 nitrogen and oxygen atoms in total. The molecule has 2 fully saturated rings. The van der Waals surface area contributed by atoms with Gasteiger partial charge < -0.3 is 20.4 Å². The molecule has 1 aliphatic heterocycles. The van der Waals surface area contributed by atoms with Crippen LogP contribution in [0.3, 0.4) is 0 Å². The quantitative estimate of drug-likeness (QED) is 0.357. The lowest BCUT2D eigenvalue weighted by atomic mass is 9.86. The first kappa shape index (κ1) is 15.9. The highest BCUT2D eigenvalue weighted by molar-refractivity contribution is 5.93. The van der Waals surface area contributed by atoms with Crippen molar-refractivity contribution in [2.24, 2.45) is 10.9 Å². The van der Waals surface area contributed by atoms with Crippen LogP contribution in [-0.2, 0) is 9.47 Å². The number of ether oxygens (including phenoxy) is 2. The number of oxime groups is 1. The van der Waals surface area contributed by atoms with Crippen molar-refractivity contribution in [1.29, 1.82) is 0 Å². The van der Waals surface area contributed by atoms with Crippen LogP contribution in [0, 0.1) is 0 Å². The number of carbonyl (C=O) groups excluding carboxylic acids is 1. The zero-order chi connectivity index (χ0) is 15.7. The highest BCUT2D eigenvalue weighted by atomic mass is 16.6. The molecular weight excluding hydrogens is 274 g/mol. The summed E-state index contributed by atoms with van der Waals surface area (Å²) in [5, 5.41) is 12.3. The summed E-state index contributed by atoms with van der Waals surface area (Å²) in [6, 6.07) is 0.0956. The third-order valence-electron chi connectivity index (χ3n) is 3.87. The molecule has 0 atom stereocenters. The van der Waals surface area contributed by atoms with Crippen LogP contribution in [0.1, 0.15) is 46.5 Å². The fourth-order valence-electron chi connectivity index (χ4n) is 2.74. The molecule has 2 rings (SSSR count). The van der Waals surface area contributed by atoms with E-state index in [1.807, 2.05) is 20.8 Å². The highest BCUT2D eigenvalue weighted by Gasteiger charge is 2.52. The molecule has 0 aromatic rings. The maximum Gasteiger partial charge on any atom is 0.411 e. The van der Waals surface area contributed by atoms with E-state index < -0.39 is 17.2 Å². The molecule has 0 aromatic heterocycles. The second-order valence-electron chi connectivity index (χ2n) is 6.71. The first-order valence-electron chi connectivity index (χ1n) is 7.38. The Labute approximate surface area is 125 Å². The summed E-state index contributed by atoms with van der Waals surface area (Å²) in [6.45, 7) is 6.44. The van der Waals surface area contributed by atoms with Crippen molar-refractivity contribution in [3.05, 3.63) is 0 Å². The minimum absolute atomic E-state index is 0.0589. The molecule has 21 heavy (non-hydrogen) atoms. The van der Waals surface area contributed by atoms with Gasteiger partial charge in [0.15, 0.2) is 5.84 Å². The Morgan fingerprint density at radius 1 is 1.38 bits per heavy atom.